The number of nitrogens with zero attached hydrogens (tertiary/aromatic N) is 1. The maximum Gasteiger partial charge on any atom is 0.358 e. The van der Waals surface area contributed by atoms with Crippen LogP contribution >= 0.6 is 11.3 Å². The number of hydrogen-bond donors (Lipinski definition) is 3. The summed E-state index contributed by atoms with van der Waals surface area (Å²) in [5.74, 6) is -0.626. The highest BCUT2D eigenvalue weighted by Gasteiger charge is 2.26. The normalized spacial score (nSPS) is 14.4. The average molecular weight is 261 g/mol. The summed E-state index contributed by atoms with van der Waals surface area (Å²) in [7, 11) is 0. The van der Waals surface area contributed by atoms with E-state index in [0.29, 0.717) is 0 Å². The number of aliphatic hydroxyl groups excluding tert-OH is 3. The lowest BCUT2D eigenvalue weighted by Gasteiger charge is -2.16. The number of hydrogen-bond acceptors (Lipinski definition) is 7. The SMILES string of the molecule is CCOC(=O)c1ncsc1C(O)C(O)CCO. The summed E-state index contributed by atoms with van der Waals surface area (Å²) < 4.78 is 4.78. The Bertz CT molecular complexity index is 367. The highest BCUT2D eigenvalue weighted by molar-refractivity contribution is 7.10. The van der Waals surface area contributed by atoms with E-state index in [0.717, 1.165) is 11.3 Å². The fourth-order valence-electron chi connectivity index (χ4n) is 1.28. The summed E-state index contributed by atoms with van der Waals surface area (Å²) in [4.78, 5) is 15.6. The number of carbonyl (C=O) groups is 1. The van der Waals surface area contributed by atoms with Crippen LogP contribution in [0.4, 0.5) is 0 Å². The second-order valence-corrected chi connectivity index (χ2v) is 4.20. The van der Waals surface area contributed by atoms with Gasteiger partial charge >= 0.3 is 5.97 Å². The molecule has 96 valence electrons. The van der Waals surface area contributed by atoms with E-state index in [9.17, 15) is 15.0 Å². The van der Waals surface area contributed by atoms with Gasteiger partial charge < -0.3 is 20.1 Å². The van der Waals surface area contributed by atoms with Crippen molar-refractivity contribution in [2.75, 3.05) is 13.2 Å². The van der Waals surface area contributed by atoms with Gasteiger partial charge in [0.2, 0.25) is 0 Å². The third-order valence-corrected chi connectivity index (χ3v) is 3.02. The Hall–Kier alpha value is -1.02. The Morgan fingerprint density at radius 2 is 2.29 bits per heavy atom. The maximum atomic E-state index is 11.5. The summed E-state index contributed by atoms with van der Waals surface area (Å²) in [5.41, 5.74) is 1.41. The molecule has 17 heavy (non-hydrogen) atoms. The molecular formula is C10H15NO5S. The topological polar surface area (TPSA) is 99.9 Å². The Balaban J connectivity index is 2.83. The van der Waals surface area contributed by atoms with Crippen LogP contribution in [0.25, 0.3) is 0 Å². The Kier molecular flexibility index (Phi) is 5.49. The van der Waals surface area contributed by atoms with Crippen molar-refractivity contribution in [3.05, 3.63) is 16.1 Å². The second kappa shape index (κ2) is 6.65. The standard InChI is InChI=1S/C10H15NO5S/c1-2-16-10(15)7-9(17-5-11-7)8(14)6(13)3-4-12/h5-6,8,12-14H,2-4H2,1H3. The summed E-state index contributed by atoms with van der Waals surface area (Å²) in [6, 6.07) is 0. The van der Waals surface area contributed by atoms with E-state index in [2.05, 4.69) is 4.98 Å². The van der Waals surface area contributed by atoms with Crippen LogP contribution in [-0.4, -0.2) is 45.6 Å². The van der Waals surface area contributed by atoms with Crippen molar-refractivity contribution >= 4 is 17.3 Å². The quantitative estimate of drug-likeness (QED) is 0.628. The predicted octanol–water partition coefficient (Wildman–Crippen LogP) is 0.0965. The molecule has 2 unspecified atom stereocenters. The van der Waals surface area contributed by atoms with Gasteiger partial charge in [0.25, 0.3) is 0 Å². The van der Waals surface area contributed by atoms with Gasteiger partial charge in [0, 0.05) is 6.61 Å². The van der Waals surface area contributed by atoms with Gasteiger partial charge in [-0.25, -0.2) is 9.78 Å². The van der Waals surface area contributed by atoms with Gasteiger partial charge in [0.1, 0.15) is 6.10 Å². The van der Waals surface area contributed by atoms with E-state index in [1.165, 1.54) is 5.51 Å². The fourth-order valence-corrected chi connectivity index (χ4v) is 2.10. The molecule has 1 rings (SSSR count). The molecular weight excluding hydrogens is 246 g/mol. The van der Waals surface area contributed by atoms with Crippen LogP contribution in [-0.2, 0) is 4.74 Å². The summed E-state index contributed by atoms with van der Waals surface area (Å²) in [5, 5.41) is 28.0. The molecule has 6 nitrogen and oxygen atoms in total. The number of aromatic nitrogens is 1. The lowest BCUT2D eigenvalue weighted by Crippen LogP contribution is -2.21. The zero-order chi connectivity index (χ0) is 12.8. The van der Waals surface area contributed by atoms with Gasteiger partial charge in [-0.15, -0.1) is 11.3 Å². The molecule has 1 aromatic heterocycles. The zero-order valence-corrected chi connectivity index (χ0v) is 10.2. The number of aliphatic hydroxyl groups is 3. The average Bonchev–Trinajstić information content (AvgIpc) is 2.77. The number of ether oxygens (including phenoxy) is 1. The number of esters is 1. The van der Waals surface area contributed by atoms with Crippen LogP contribution in [0.2, 0.25) is 0 Å². The summed E-state index contributed by atoms with van der Waals surface area (Å²) in [6.07, 6.45) is -2.34. The fraction of sp³-hybridized carbons (Fsp3) is 0.600. The van der Waals surface area contributed by atoms with E-state index in [4.69, 9.17) is 9.84 Å². The van der Waals surface area contributed by atoms with Crippen LogP contribution in [0.3, 0.4) is 0 Å². The minimum Gasteiger partial charge on any atom is -0.461 e. The first-order chi connectivity index (χ1) is 8.11. The molecule has 1 aromatic rings. The van der Waals surface area contributed by atoms with E-state index in [-0.39, 0.29) is 30.2 Å². The van der Waals surface area contributed by atoms with E-state index < -0.39 is 18.2 Å². The van der Waals surface area contributed by atoms with Crippen molar-refractivity contribution in [3.8, 4) is 0 Å². The smallest absolute Gasteiger partial charge is 0.358 e. The molecule has 0 saturated carbocycles. The predicted molar refractivity (Wildman–Crippen MR) is 60.7 cm³/mol. The summed E-state index contributed by atoms with van der Waals surface area (Å²) in [6.45, 7) is 1.64. The molecule has 2 atom stereocenters. The minimum absolute atomic E-state index is 0.0151. The molecule has 0 bridgehead atoms. The molecule has 0 amide bonds. The van der Waals surface area contributed by atoms with Gasteiger partial charge in [-0.3, -0.25) is 0 Å². The molecule has 0 radical (unpaired) electrons. The van der Waals surface area contributed by atoms with Crippen molar-refractivity contribution in [1.82, 2.24) is 4.98 Å². The largest absolute Gasteiger partial charge is 0.461 e. The Morgan fingerprint density at radius 3 is 2.88 bits per heavy atom. The first-order valence-electron chi connectivity index (χ1n) is 5.19. The third kappa shape index (κ3) is 3.47. The highest BCUT2D eigenvalue weighted by Crippen LogP contribution is 2.26. The minimum atomic E-state index is -1.24. The molecule has 1 heterocycles. The first-order valence-corrected chi connectivity index (χ1v) is 6.07. The van der Waals surface area contributed by atoms with Crippen molar-refractivity contribution < 1.29 is 24.9 Å². The van der Waals surface area contributed by atoms with Crippen LogP contribution in [0.5, 0.6) is 0 Å². The van der Waals surface area contributed by atoms with Gasteiger partial charge in [-0.1, -0.05) is 0 Å². The molecule has 0 fully saturated rings. The monoisotopic (exact) mass is 261 g/mol. The lowest BCUT2D eigenvalue weighted by atomic mass is 10.1. The number of rotatable bonds is 6. The van der Waals surface area contributed by atoms with Crippen molar-refractivity contribution in [2.24, 2.45) is 0 Å². The molecule has 0 spiro atoms. The zero-order valence-electron chi connectivity index (χ0n) is 9.37. The molecule has 0 aromatic carbocycles. The van der Waals surface area contributed by atoms with Gasteiger partial charge in [0.15, 0.2) is 5.69 Å². The van der Waals surface area contributed by atoms with Crippen LogP contribution < -0.4 is 0 Å². The maximum absolute atomic E-state index is 11.5. The highest BCUT2D eigenvalue weighted by atomic mass is 32.1. The van der Waals surface area contributed by atoms with Crippen molar-refractivity contribution in [3.63, 3.8) is 0 Å². The number of carbonyl (C=O) groups excluding carboxylic acids is 1. The molecule has 3 N–H and O–H groups in total. The van der Waals surface area contributed by atoms with E-state index in [1.54, 1.807) is 6.92 Å². The van der Waals surface area contributed by atoms with Gasteiger partial charge in [-0.05, 0) is 13.3 Å². The third-order valence-electron chi connectivity index (χ3n) is 2.12. The molecule has 7 heteroatoms. The molecule has 0 aliphatic carbocycles. The van der Waals surface area contributed by atoms with E-state index >= 15 is 0 Å². The Labute approximate surface area is 103 Å². The van der Waals surface area contributed by atoms with Crippen LogP contribution in [0, 0.1) is 0 Å². The molecule has 0 saturated heterocycles. The number of thiazole rings is 1. The van der Waals surface area contributed by atoms with Gasteiger partial charge in [-0.2, -0.15) is 0 Å². The van der Waals surface area contributed by atoms with E-state index in [1.807, 2.05) is 0 Å². The van der Waals surface area contributed by atoms with Crippen LogP contribution in [0.1, 0.15) is 34.8 Å². The first kappa shape index (κ1) is 14.0. The molecule has 0 aliphatic heterocycles. The Morgan fingerprint density at radius 1 is 1.59 bits per heavy atom. The van der Waals surface area contributed by atoms with Crippen molar-refractivity contribution in [2.45, 2.75) is 25.6 Å². The second-order valence-electron chi connectivity index (χ2n) is 3.31. The van der Waals surface area contributed by atoms with Crippen LogP contribution in [0.15, 0.2) is 5.51 Å². The van der Waals surface area contributed by atoms with Gasteiger partial charge in [0.05, 0.1) is 23.1 Å². The van der Waals surface area contributed by atoms with Crippen molar-refractivity contribution in [1.29, 1.82) is 0 Å². The molecule has 0 aliphatic rings. The summed E-state index contributed by atoms with van der Waals surface area (Å²) >= 11 is 1.06. The lowest BCUT2D eigenvalue weighted by molar-refractivity contribution is 0.00503.